The molecule has 0 bridgehead atoms. The van der Waals surface area contributed by atoms with E-state index in [4.69, 9.17) is 4.74 Å². The quantitative estimate of drug-likeness (QED) is 0.536. The molecule has 0 N–H and O–H groups in total. The number of nitrogens with zero attached hydrogens (tertiary/aromatic N) is 7. The van der Waals surface area contributed by atoms with Crippen LogP contribution in [0.2, 0.25) is 0 Å². The lowest BCUT2D eigenvalue weighted by Gasteiger charge is -2.41. The number of halogens is 3. The number of aromatic nitrogens is 3. The summed E-state index contributed by atoms with van der Waals surface area (Å²) in [6.07, 6.45) is 2.54. The second-order valence-corrected chi connectivity index (χ2v) is 8.93. The average molecular weight is 499 g/mol. The molecule has 1 aromatic carbocycles. The maximum atomic E-state index is 14.5. The van der Waals surface area contributed by atoms with Crippen molar-refractivity contribution in [3.8, 4) is 17.1 Å². The number of benzene rings is 1. The molecule has 3 aromatic rings. The van der Waals surface area contributed by atoms with Gasteiger partial charge in [0, 0.05) is 52.0 Å². The van der Waals surface area contributed by atoms with Crippen molar-refractivity contribution in [3.63, 3.8) is 0 Å². The maximum absolute atomic E-state index is 14.5. The largest absolute Gasteiger partial charge is 0.483 e. The Morgan fingerprint density at radius 3 is 2.47 bits per heavy atom. The van der Waals surface area contributed by atoms with E-state index in [1.165, 1.54) is 34.3 Å². The van der Waals surface area contributed by atoms with Crippen LogP contribution in [0.25, 0.3) is 11.4 Å². The van der Waals surface area contributed by atoms with Crippen LogP contribution >= 0.6 is 0 Å². The van der Waals surface area contributed by atoms with Crippen LogP contribution in [-0.2, 0) is 7.05 Å². The van der Waals surface area contributed by atoms with Gasteiger partial charge in [0.1, 0.15) is 17.7 Å². The van der Waals surface area contributed by atoms with Crippen molar-refractivity contribution in [2.24, 2.45) is 12.1 Å². The van der Waals surface area contributed by atoms with Crippen LogP contribution in [-0.4, -0.2) is 70.2 Å². The fourth-order valence-corrected chi connectivity index (χ4v) is 4.20. The van der Waals surface area contributed by atoms with Crippen LogP contribution in [0.3, 0.4) is 0 Å². The standard InChI is InChI=1S/C24H24F3N7O2/c1-31(2)23-10-21(32(3)30-23)19-9-22(18(27)11-28-19)36-17-12-33(13-17)24(35)34-20(4-5-29-34)14-6-15(25)8-16(26)7-14/h5-11,17,20H,4,12-13H2,1-3H3. The van der Waals surface area contributed by atoms with Gasteiger partial charge in [-0.25, -0.2) is 23.0 Å². The van der Waals surface area contributed by atoms with Crippen LogP contribution < -0.4 is 9.64 Å². The van der Waals surface area contributed by atoms with E-state index in [-0.39, 0.29) is 18.8 Å². The van der Waals surface area contributed by atoms with Gasteiger partial charge in [-0.1, -0.05) is 0 Å². The van der Waals surface area contributed by atoms with Crippen molar-refractivity contribution in [3.05, 3.63) is 59.5 Å². The summed E-state index contributed by atoms with van der Waals surface area (Å²) < 4.78 is 49.3. The summed E-state index contributed by atoms with van der Waals surface area (Å²) in [5, 5.41) is 9.70. The number of carbonyl (C=O) groups is 1. The molecule has 1 saturated heterocycles. The zero-order valence-corrected chi connectivity index (χ0v) is 19.9. The molecule has 1 unspecified atom stereocenters. The first-order valence-corrected chi connectivity index (χ1v) is 11.3. The Morgan fingerprint density at radius 2 is 1.81 bits per heavy atom. The highest BCUT2D eigenvalue weighted by Gasteiger charge is 2.39. The van der Waals surface area contributed by atoms with Crippen LogP contribution in [0.4, 0.5) is 23.8 Å². The van der Waals surface area contributed by atoms with E-state index in [0.717, 1.165) is 18.1 Å². The molecule has 0 saturated carbocycles. The number of hydrazone groups is 1. The highest BCUT2D eigenvalue weighted by molar-refractivity contribution is 5.79. The lowest BCUT2D eigenvalue weighted by atomic mass is 10.0. The zero-order valence-electron chi connectivity index (χ0n) is 19.9. The van der Waals surface area contributed by atoms with Gasteiger partial charge in [-0.3, -0.25) is 9.67 Å². The zero-order chi connectivity index (χ0) is 25.6. The molecule has 9 nitrogen and oxygen atoms in total. The van der Waals surface area contributed by atoms with Gasteiger partial charge >= 0.3 is 6.03 Å². The Balaban J connectivity index is 1.24. The van der Waals surface area contributed by atoms with E-state index < -0.39 is 35.6 Å². The summed E-state index contributed by atoms with van der Waals surface area (Å²) in [4.78, 5) is 20.5. The van der Waals surface area contributed by atoms with Gasteiger partial charge in [0.15, 0.2) is 17.4 Å². The van der Waals surface area contributed by atoms with Gasteiger partial charge in [-0.2, -0.15) is 10.2 Å². The molecule has 0 spiro atoms. The highest BCUT2D eigenvalue weighted by atomic mass is 19.1. The molecule has 4 heterocycles. The number of ether oxygens (including phenoxy) is 1. The lowest BCUT2D eigenvalue weighted by molar-refractivity contribution is 0.0256. The van der Waals surface area contributed by atoms with Gasteiger partial charge in [0.05, 0.1) is 36.7 Å². The molecule has 2 aromatic heterocycles. The number of likely N-dealkylation sites (tertiary alicyclic amines) is 1. The first-order chi connectivity index (χ1) is 17.2. The smallest absolute Gasteiger partial charge is 0.341 e. The molecule has 188 valence electrons. The van der Waals surface area contributed by atoms with Crippen molar-refractivity contribution in [2.75, 3.05) is 32.1 Å². The molecule has 12 heteroatoms. The van der Waals surface area contributed by atoms with E-state index >= 15 is 0 Å². The average Bonchev–Trinajstić information content (AvgIpc) is 3.43. The number of amides is 2. The first-order valence-electron chi connectivity index (χ1n) is 11.3. The van der Waals surface area contributed by atoms with E-state index in [1.54, 1.807) is 11.7 Å². The minimum atomic E-state index is -0.718. The van der Waals surface area contributed by atoms with Gasteiger partial charge in [-0.05, 0) is 17.7 Å². The summed E-state index contributed by atoms with van der Waals surface area (Å²) in [5.41, 5.74) is 1.52. The van der Waals surface area contributed by atoms with Crippen molar-refractivity contribution in [1.82, 2.24) is 24.7 Å². The Morgan fingerprint density at radius 1 is 1.08 bits per heavy atom. The molecule has 1 atom stereocenters. The Hall–Kier alpha value is -4.09. The van der Waals surface area contributed by atoms with Crippen LogP contribution in [0, 0.1) is 17.5 Å². The molecule has 36 heavy (non-hydrogen) atoms. The fourth-order valence-electron chi connectivity index (χ4n) is 4.20. The minimum Gasteiger partial charge on any atom is -0.483 e. The second-order valence-electron chi connectivity index (χ2n) is 8.93. The molecule has 1 fully saturated rings. The van der Waals surface area contributed by atoms with Crippen molar-refractivity contribution in [1.29, 1.82) is 0 Å². The van der Waals surface area contributed by atoms with E-state index in [0.29, 0.717) is 23.4 Å². The molecular formula is C24H24F3N7O2. The van der Waals surface area contributed by atoms with E-state index in [2.05, 4.69) is 15.2 Å². The van der Waals surface area contributed by atoms with E-state index in [9.17, 15) is 18.0 Å². The van der Waals surface area contributed by atoms with Crippen molar-refractivity contribution < 1.29 is 22.7 Å². The molecule has 5 rings (SSSR count). The summed E-state index contributed by atoms with van der Waals surface area (Å²) in [7, 11) is 5.51. The Kier molecular flexibility index (Phi) is 6.02. The Labute approximate surface area is 205 Å². The first kappa shape index (κ1) is 23.6. The maximum Gasteiger partial charge on any atom is 0.341 e. The highest BCUT2D eigenvalue weighted by Crippen LogP contribution is 2.32. The number of urea groups is 1. The van der Waals surface area contributed by atoms with Gasteiger partial charge in [0.25, 0.3) is 0 Å². The SMILES string of the molecule is CN(C)c1cc(-c2cc(OC3CN(C(=O)N4N=CCC4c4cc(F)cc(F)c4)C3)c(F)cn2)n(C)n1. The number of hydrogen-bond acceptors (Lipinski definition) is 6. The summed E-state index contributed by atoms with van der Waals surface area (Å²) in [6.45, 7) is 0.422. The van der Waals surface area contributed by atoms with Crippen LogP contribution in [0.15, 0.2) is 41.6 Å². The van der Waals surface area contributed by atoms with Crippen LogP contribution in [0.5, 0.6) is 5.75 Å². The number of carbonyl (C=O) groups excluding carboxylic acids is 1. The third-order valence-electron chi connectivity index (χ3n) is 6.12. The molecule has 2 amide bonds. The Bertz CT molecular complexity index is 1320. The van der Waals surface area contributed by atoms with Gasteiger partial charge in [-0.15, -0.1) is 0 Å². The normalized spacial score (nSPS) is 17.4. The molecule has 0 aliphatic carbocycles. The number of anilines is 1. The third-order valence-corrected chi connectivity index (χ3v) is 6.12. The molecular weight excluding hydrogens is 475 g/mol. The number of aryl methyl sites for hydroxylation is 1. The van der Waals surface area contributed by atoms with Gasteiger partial charge in [0.2, 0.25) is 0 Å². The summed E-state index contributed by atoms with van der Waals surface area (Å²) >= 11 is 0. The number of hydrogen-bond donors (Lipinski definition) is 0. The molecule has 2 aliphatic heterocycles. The lowest BCUT2D eigenvalue weighted by Crippen LogP contribution is -2.58. The minimum absolute atomic E-state index is 0.0250. The predicted octanol–water partition coefficient (Wildman–Crippen LogP) is 3.58. The number of rotatable bonds is 5. The predicted molar refractivity (Wildman–Crippen MR) is 126 cm³/mol. The van der Waals surface area contributed by atoms with E-state index in [1.807, 2.05) is 25.1 Å². The van der Waals surface area contributed by atoms with Crippen molar-refractivity contribution in [2.45, 2.75) is 18.6 Å². The molecule has 0 radical (unpaired) electrons. The summed E-state index contributed by atoms with van der Waals surface area (Å²) in [5.74, 6) is -1.29. The monoisotopic (exact) mass is 499 g/mol. The molecule has 2 aliphatic rings. The summed E-state index contributed by atoms with van der Waals surface area (Å²) in [6, 6.07) is 5.49. The third kappa shape index (κ3) is 4.45. The van der Waals surface area contributed by atoms with Crippen LogP contribution in [0.1, 0.15) is 18.0 Å². The topological polar surface area (TPSA) is 79.1 Å². The van der Waals surface area contributed by atoms with Crippen molar-refractivity contribution >= 4 is 18.1 Å². The second kappa shape index (κ2) is 9.17. The number of pyridine rings is 1. The fraction of sp³-hybridized carbons (Fsp3) is 0.333. The van der Waals surface area contributed by atoms with Gasteiger partial charge < -0.3 is 14.5 Å².